The number of hydrogen-bond acceptors (Lipinski definition) is 3. The van der Waals surface area contributed by atoms with Crippen molar-refractivity contribution in [2.75, 3.05) is 16.4 Å². The third-order valence-electron chi connectivity index (χ3n) is 4.57. The van der Waals surface area contributed by atoms with Gasteiger partial charge in [0.15, 0.2) is 0 Å². The standard InChI is InChI=1S/C22H23N3O/c1-14-8-4-5-13-19(14)25(21-16(3)10-7-12-18(21)24)22(26)20-15(2)9-6-11-17(20)23/h4-13H,23-24H2,1-3H3. The first-order valence-corrected chi connectivity index (χ1v) is 8.52. The Morgan fingerprint density at radius 2 is 1.31 bits per heavy atom. The number of hydrogen-bond donors (Lipinski definition) is 2. The normalized spacial score (nSPS) is 10.6. The third kappa shape index (κ3) is 3.02. The minimum Gasteiger partial charge on any atom is -0.398 e. The van der Waals surface area contributed by atoms with E-state index < -0.39 is 0 Å². The van der Waals surface area contributed by atoms with Crippen molar-refractivity contribution in [3.8, 4) is 0 Å². The van der Waals surface area contributed by atoms with Gasteiger partial charge in [0, 0.05) is 5.69 Å². The molecule has 0 saturated carbocycles. The minimum absolute atomic E-state index is 0.184. The zero-order valence-electron chi connectivity index (χ0n) is 15.3. The molecule has 132 valence electrons. The Kier molecular flexibility index (Phi) is 4.67. The zero-order chi connectivity index (χ0) is 18.8. The number of nitrogen functional groups attached to an aromatic ring is 2. The number of nitrogens with two attached hydrogens (primary N) is 2. The van der Waals surface area contributed by atoms with Gasteiger partial charge in [-0.05, 0) is 55.7 Å². The van der Waals surface area contributed by atoms with E-state index in [2.05, 4.69) is 0 Å². The molecule has 0 fully saturated rings. The van der Waals surface area contributed by atoms with E-state index in [1.165, 1.54) is 0 Å². The van der Waals surface area contributed by atoms with Crippen LogP contribution in [0.1, 0.15) is 27.0 Å². The molecule has 4 N–H and O–H groups in total. The summed E-state index contributed by atoms with van der Waals surface area (Å²) < 4.78 is 0. The molecule has 0 saturated heterocycles. The first-order valence-electron chi connectivity index (χ1n) is 8.52. The van der Waals surface area contributed by atoms with Crippen molar-refractivity contribution in [1.82, 2.24) is 0 Å². The summed E-state index contributed by atoms with van der Waals surface area (Å²) in [5.74, 6) is -0.184. The molecule has 4 nitrogen and oxygen atoms in total. The number of rotatable bonds is 3. The van der Waals surface area contributed by atoms with Crippen LogP contribution in [-0.2, 0) is 0 Å². The van der Waals surface area contributed by atoms with Crippen LogP contribution in [0.4, 0.5) is 22.7 Å². The van der Waals surface area contributed by atoms with Gasteiger partial charge in [-0.1, -0.05) is 42.5 Å². The fourth-order valence-corrected chi connectivity index (χ4v) is 3.23. The fourth-order valence-electron chi connectivity index (χ4n) is 3.23. The molecule has 1 amide bonds. The Morgan fingerprint density at radius 1 is 0.731 bits per heavy atom. The molecular formula is C22H23N3O. The number of carbonyl (C=O) groups is 1. The van der Waals surface area contributed by atoms with Crippen LogP contribution >= 0.6 is 0 Å². The summed E-state index contributed by atoms with van der Waals surface area (Å²) in [4.78, 5) is 15.3. The van der Waals surface area contributed by atoms with Crippen LogP contribution in [0.5, 0.6) is 0 Å². The molecule has 26 heavy (non-hydrogen) atoms. The molecule has 0 radical (unpaired) electrons. The average molecular weight is 345 g/mol. The van der Waals surface area contributed by atoms with Crippen molar-refractivity contribution in [3.63, 3.8) is 0 Å². The number of aryl methyl sites for hydroxylation is 3. The molecule has 0 atom stereocenters. The smallest absolute Gasteiger partial charge is 0.265 e. The van der Waals surface area contributed by atoms with Crippen molar-refractivity contribution in [3.05, 3.63) is 82.9 Å². The number of carbonyl (C=O) groups excluding carboxylic acids is 1. The molecule has 3 aromatic carbocycles. The van der Waals surface area contributed by atoms with E-state index in [-0.39, 0.29) is 5.91 Å². The van der Waals surface area contributed by atoms with Crippen molar-refractivity contribution < 1.29 is 4.79 Å². The van der Waals surface area contributed by atoms with Gasteiger partial charge in [-0.25, -0.2) is 0 Å². The summed E-state index contributed by atoms with van der Waals surface area (Å²) in [6, 6.07) is 18.9. The van der Waals surface area contributed by atoms with E-state index in [1.807, 2.05) is 75.4 Å². The highest BCUT2D eigenvalue weighted by atomic mass is 16.2. The Hall–Kier alpha value is -3.27. The molecule has 3 aromatic rings. The Balaban J connectivity index is 2.29. The summed E-state index contributed by atoms with van der Waals surface area (Å²) in [7, 11) is 0. The second-order valence-electron chi connectivity index (χ2n) is 6.48. The van der Waals surface area contributed by atoms with Gasteiger partial charge in [0.25, 0.3) is 5.91 Å². The molecule has 0 spiro atoms. The van der Waals surface area contributed by atoms with Crippen molar-refractivity contribution in [2.24, 2.45) is 0 Å². The summed E-state index contributed by atoms with van der Waals surface area (Å²) in [6.45, 7) is 5.82. The summed E-state index contributed by atoms with van der Waals surface area (Å²) >= 11 is 0. The van der Waals surface area contributed by atoms with Gasteiger partial charge in [-0.2, -0.15) is 0 Å². The highest BCUT2D eigenvalue weighted by molar-refractivity contribution is 6.16. The highest BCUT2D eigenvalue weighted by Gasteiger charge is 2.26. The zero-order valence-corrected chi connectivity index (χ0v) is 15.3. The van der Waals surface area contributed by atoms with Gasteiger partial charge in [0.1, 0.15) is 0 Å². The second kappa shape index (κ2) is 6.92. The SMILES string of the molecule is Cc1ccccc1N(C(=O)c1c(C)cccc1N)c1c(C)cccc1N. The van der Waals surface area contributed by atoms with Crippen molar-refractivity contribution in [2.45, 2.75) is 20.8 Å². The molecule has 0 aliphatic rings. The minimum atomic E-state index is -0.184. The Bertz CT molecular complexity index is 938. The Morgan fingerprint density at radius 3 is 1.92 bits per heavy atom. The van der Waals surface area contributed by atoms with Gasteiger partial charge >= 0.3 is 0 Å². The van der Waals surface area contributed by atoms with Crippen molar-refractivity contribution >= 4 is 28.7 Å². The van der Waals surface area contributed by atoms with Gasteiger partial charge in [0.2, 0.25) is 0 Å². The molecule has 0 unspecified atom stereocenters. The largest absolute Gasteiger partial charge is 0.398 e. The van der Waals surface area contributed by atoms with Crippen LogP contribution in [0.15, 0.2) is 60.7 Å². The first-order chi connectivity index (χ1) is 12.4. The lowest BCUT2D eigenvalue weighted by Gasteiger charge is -2.28. The van der Waals surface area contributed by atoms with Crippen LogP contribution in [0.3, 0.4) is 0 Å². The lowest BCUT2D eigenvalue weighted by molar-refractivity contribution is 0.0999. The summed E-state index contributed by atoms with van der Waals surface area (Å²) in [5, 5.41) is 0. The monoisotopic (exact) mass is 345 g/mol. The predicted molar refractivity (Wildman–Crippen MR) is 109 cm³/mol. The molecule has 0 heterocycles. The third-order valence-corrected chi connectivity index (χ3v) is 4.57. The van der Waals surface area contributed by atoms with E-state index in [0.29, 0.717) is 22.6 Å². The number of amides is 1. The van der Waals surface area contributed by atoms with Gasteiger partial charge in [-0.15, -0.1) is 0 Å². The van der Waals surface area contributed by atoms with Gasteiger partial charge in [0.05, 0.1) is 22.6 Å². The van der Waals surface area contributed by atoms with Crippen LogP contribution in [0, 0.1) is 20.8 Å². The highest BCUT2D eigenvalue weighted by Crippen LogP contribution is 2.37. The number of benzene rings is 3. The maximum absolute atomic E-state index is 13.6. The summed E-state index contributed by atoms with van der Waals surface area (Å²) in [5.41, 5.74) is 18.2. The van der Waals surface area contributed by atoms with Crippen LogP contribution in [-0.4, -0.2) is 5.91 Å². The van der Waals surface area contributed by atoms with E-state index >= 15 is 0 Å². The lowest BCUT2D eigenvalue weighted by Crippen LogP contribution is -2.29. The Labute approximate surface area is 154 Å². The maximum Gasteiger partial charge on any atom is 0.265 e. The number of nitrogens with zero attached hydrogens (tertiary/aromatic N) is 1. The van der Waals surface area contributed by atoms with Crippen LogP contribution in [0.25, 0.3) is 0 Å². The molecule has 4 heteroatoms. The maximum atomic E-state index is 13.6. The first kappa shape index (κ1) is 17.5. The van der Waals surface area contributed by atoms with E-state index in [4.69, 9.17) is 11.5 Å². The molecule has 0 aliphatic heterocycles. The fraction of sp³-hybridized carbons (Fsp3) is 0.136. The van der Waals surface area contributed by atoms with Gasteiger partial charge < -0.3 is 11.5 Å². The number of para-hydroxylation sites is 2. The molecule has 3 rings (SSSR count). The molecular weight excluding hydrogens is 322 g/mol. The van der Waals surface area contributed by atoms with Crippen LogP contribution in [0.2, 0.25) is 0 Å². The number of anilines is 4. The van der Waals surface area contributed by atoms with Crippen LogP contribution < -0.4 is 16.4 Å². The predicted octanol–water partition coefficient (Wildman–Crippen LogP) is 4.75. The summed E-state index contributed by atoms with van der Waals surface area (Å²) in [6.07, 6.45) is 0. The van der Waals surface area contributed by atoms with E-state index in [9.17, 15) is 4.79 Å². The quantitative estimate of drug-likeness (QED) is 0.673. The van der Waals surface area contributed by atoms with E-state index in [1.54, 1.807) is 11.0 Å². The second-order valence-corrected chi connectivity index (χ2v) is 6.48. The lowest BCUT2D eigenvalue weighted by atomic mass is 10.0. The molecule has 0 aliphatic carbocycles. The van der Waals surface area contributed by atoms with E-state index in [0.717, 1.165) is 22.4 Å². The topological polar surface area (TPSA) is 72.3 Å². The molecule has 0 aromatic heterocycles. The van der Waals surface area contributed by atoms with Gasteiger partial charge in [-0.3, -0.25) is 9.69 Å². The molecule has 0 bridgehead atoms. The van der Waals surface area contributed by atoms with Crippen molar-refractivity contribution in [1.29, 1.82) is 0 Å². The average Bonchev–Trinajstić information content (AvgIpc) is 2.59.